The van der Waals surface area contributed by atoms with E-state index in [0.29, 0.717) is 12.0 Å². The van der Waals surface area contributed by atoms with E-state index in [2.05, 4.69) is 17.6 Å². The maximum atomic E-state index is 9.77. The third-order valence-electron chi connectivity index (χ3n) is 0.709. The van der Waals surface area contributed by atoms with Gasteiger partial charge in [0.15, 0.2) is 24.2 Å². The van der Waals surface area contributed by atoms with Crippen LogP contribution in [0.15, 0.2) is 36.0 Å². The van der Waals surface area contributed by atoms with E-state index in [4.69, 9.17) is 10.5 Å². The van der Waals surface area contributed by atoms with E-state index < -0.39 is 0 Å². The first-order valence-corrected chi connectivity index (χ1v) is 3.12. The standard InChI is InChI=1S/C5H4O2.C2N2.C2H4/c6-4-5-2-1-3-7-5;3-1-2-4;1-2/h1-4H;;1-2H2. The van der Waals surface area contributed by atoms with Gasteiger partial charge in [-0.05, 0) is 12.1 Å². The van der Waals surface area contributed by atoms with Crippen molar-refractivity contribution in [1.82, 2.24) is 0 Å². The Bertz CT molecular complexity index is 278. The van der Waals surface area contributed by atoms with Gasteiger partial charge in [-0.1, -0.05) is 0 Å². The molecule has 0 aliphatic heterocycles. The van der Waals surface area contributed by atoms with Crippen molar-refractivity contribution in [2.24, 2.45) is 0 Å². The molecule has 0 saturated carbocycles. The molecule has 0 radical (unpaired) electrons. The van der Waals surface area contributed by atoms with Gasteiger partial charge in [-0.3, -0.25) is 4.79 Å². The highest BCUT2D eigenvalue weighted by Crippen LogP contribution is 1.92. The Balaban J connectivity index is 0. The Kier molecular flexibility index (Phi) is 12.6. The number of nitrogens with zero attached hydrogens (tertiary/aromatic N) is 2. The minimum Gasteiger partial charge on any atom is -0.462 e. The summed E-state index contributed by atoms with van der Waals surface area (Å²) < 4.78 is 4.61. The van der Waals surface area contributed by atoms with Crippen LogP contribution in [0.3, 0.4) is 0 Å². The largest absolute Gasteiger partial charge is 0.462 e. The van der Waals surface area contributed by atoms with Crippen LogP contribution in [0.2, 0.25) is 0 Å². The quantitative estimate of drug-likeness (QED) is 0.483. The molecular formula is C9H8N2O2. The molecule has 0 unspecified atom stereocenters. The van der Waals surface area contributed by atoms with Gasteiger partial charge in [-0.2, -0.15) is 10.5 Å². The predicted molar refractivity (Wildman–Crippen MR) is 46.6 cm³/mol. The van der Waals surface area contributed by atoms with Gasteiger partial charge in [0, 0.05) is 0 Å². The van der Waals surface area contributed by atoms with E-state index in [9.17, 15) is 4.79 Å². The number of carbonyl (C=O) groups is 1. The fraction of sp³-hybridized carbons (Fsp3) is 0. The molecule has 0 amide bonds. The molecule has 66 valence electrons. The van der Waals surface area contributed by atoms with E-state index >= 15 is 0 Å². The molecule has 0 saturated heterocycles. The lowest BCUT2D eigenvalue weighted by Crippen LogP contribution is -1.65. The van der Waals surface area contributed by atoms with E-state index in [1.807, 2.05) is 0 Å². The number of furan rings is 1. The van der Waals surface area contributed by atoms with Crippen LogP contribution in [0.5, 0.6) is 0 Å². The Morgan fingerprint density at radius 2 is 1.92 bits per heavy atom. The van der Waals surface area contributed by atoms with Crippen LogP contribution in [0.1, 0.15) is 10.6 Å². The molecular weight excluding hydrogens is 168 g/mol. The predicted octanol–water partition coefficient (Wildman–Crippen LogP) is 1.93. The van der Waals surface area contributed by atoms with Gasteiger partial charge in [0.05, 0.1) is 6.26 Å². The Labute approximate surface area is 76.3 Å². The van der Waals surface area contributed by atoms with Crippen LogP contribution in [0, 0.1) is 22.7 Å². The van der Waals surface area contributed by atoms with Crippen molar-refractivity contribution in [1.29, 1.82) is 10.5 Å². The van der Waals surface area contributed by atoms with Gasteiger partial charge in [0.25, 0.3) is 0 Å². The van der Waals surface area contributed by atoms with Gasteiger partial charge in [-0.15, -0.1) is 13.2 Å². The molecule has 1 aromatic heterocycles. The second-order valence-electron chi connectivity index (χ2n) is 1.36. The third-order valence-corrected chi connectivity index (χ3v) is 0.709. The summed E-state index contributed by atoms with van der Waals surface area (Å²) >= 11 is 0. The number of nitriles is 2. The molecule has 4 nitrogen and oxygen atoms in total. The lowest BCUT2D eigenvalue weighted by atomic mass is 10.5. The van der Waals surface area contributed by atoms with Crippen LogP contribution in [-0.4, -0.2) is 6.29 Å². The maximum Gasteiger partial charge on any atom is 0.185 e. The highest BCUT2D eigenvalue weighted by atomic mass is 16.3. The fourth-order valence-corrected chi connectivity index (χ4v) is 0.358. The lowest BCUT2D eigenvalue weighted by Gasteiger charge is -1.68. The first kappa shape index (κ1) is 13.3. The molecule has 0 fully saturated rings. The van der Waals surface area contributed by atoms with E-state index in [1.54, 1.807) is 12.1 Å². The van der Waals surface area contributed by atoms with Gasteiger partial charge in [0.1, 0.15) is 0 Å². The third kappa shape index (κ3) is 9.67. The van der Waals surface area contributed by atoms with Crippen LogP contribution >= 0.6 is 0 Å². The minimum atomic E-state index is 0.375. The Morgan fingerprint density at radius 1 is 1.38 bits per heavy atom. The van der Waals surface area contributed by atoms with Crippen LogP contribution in [0.4, 0.5) is 0 Å². The normalized spacial score (nSPS) is 5.69. The van der Waals surface area contributed by atoms with Crippen molar-refractivity contribution in [2.75, 3.05) is 0 Å². The number of rotatable bonds is 1. The van der Waals surface area contributed by atoms with Gasteiger partial charge in [0.2, 0.25) is 0 Å². The molecule has 0 aromatic carbocycles. The molecule has 1 heterocycles. The number of aldehydes is 1. The van der Waals surface area contributed by atoms with Crippen molar-refractivity contribution in [3.8, 4) is 12.1 Å². The average molecular weight is 176 g/mol. The van der Waals surface area contributed by atoms with Crippen molar-refractivity contribution >= 4 is 6.29 Å². The van der Waals surface area contributed by atoms with E-state index in [-0.39, 0.29) is 0 Å². The topological polar surface area (TPSA) is 77.8 Å². The Hall–Kier alpha value is -2.33. The zero-order chi connectivity index (χ0) is 10.5. The fourth-order valence-electron chi connectivity index (χ4n) is 0.358. The van der Waals surface area contributed by atoms with Crippen molar-refractivity contribution < 1.29 is 9.21 Å². The maximum absolute atomic E-state index is 9.77. The lowest BCUT2D eigenvalue weighted by molar-refractivity contribution is 0.110. The zero-order valence-corrected chi connectivity index (χ0v) is 6.93. The Morgan fingerprint density at radius 3 is 2.08 bits per heavy atom. The van der Waals surface area contributed by atoms with Gasteiger partial charge < -0.3 is 4.42 Å². The monoisotopic (exact) mass is 176 g/mol. The average Bonchev–Trinajstić information content (AvgIpc) is 2.74. The van der Waals surface area contributed by atoms with E-state index in [1.165, 1.54) is 18.4 Å². The summed E-state index contributed by atoms with van der Waals surface area (Å²) in [6, 6.07) is 5.75. The molecule has 0 atom stereocenters. The molecule has 0 bridgehead atoms. The molecule has 0 N–H and O–H groups in total. The summed E-state index contributed by atoms with van der Waals surface area (Å²) in [4.78, 5) is 9.77. The number of carbonyl (C=O) groups excluding carboxylic acids is 1. The summed E-state index contributed by atoms with van der Waals surface area (Å²) in [6.07, 6.45) is 2.13. The first-order valence-electron chi connectivity index (χ1n) is 3.12. The summed E-state index contributed by atoms with van der Waals surface area (Å²) in [6.45, 7) is 6.00. The molecule has 0 aliphatic rings. The molecule has 13 heavy (non-hydrogen) atoms. The minimum absolute atomic E-state index is 0.375. The van der Waals surface area contributed by atoms with Crippen molar-refractivity contribution in [3.63, 3.8) is 0 Å². The van der Waals surface area contributed by atoms with Crippen LogP contribution in [-0.2, 0) is 0 Å². The van der Waals surface area contributed by atoms with Crippen molar-refractivity contribution in [3.05, 3.63) is 37.3 Å². The summed E-state index contributed by atoms with van der Waals surface area (Å²) in [5.74, 6) is 0.375. The number of hydrogen-bond acceptors (Lipinski definition) is 4. The second-order valence-corrected chi connectivity index (χ2v) is 1.36. The summed E-state index contributed by atoms with van der Waals surface area (Å²) in [7, 11) is 0. The molecule has 4 heteroatoms. The molecule has 0 spiro atoms. The summed E-state index contributed by atoms with van der Waals surface area (Å²) in [5.41, 5.74) is 0. The van der Waals surface area contributed by atoms with Crippen LogP contribution < -0.4 is 0 Å². The van der Waals surface area contributed by atoms with Crippen molar-refractivity contribution in [2.45, 2.75) is 0 Å². The SMILES string of the molecule is C=C.N#CC#N.O=Cc1ccco1. The van der Waals surface area contributed by atoms with Gasteiger partial charge in [-0.25, -0.2) is 0 Å². The van der Waals surface area contributed by atoms with E-state index in [0.717, 1.165) is 0 Å². The first-order chi connectivity index (χ1) is 6.35. The highest BCUT2D eigenvalue weighted by molar-refractivity contribution is 5.69. The van der Waals surface area contributed by atoms with Crippen LogP contribution in [0.25, 0.3) is 0 Å². The highest BCUT2D eigenvalue weighted by Gasteiger charge is 1.84. The van der Waals surface area contributed by atoms with Gasteiger partial charge >= 0.3 is 0 Å². The zero-order valence-electron chi connectivity index (χ0n) is 6.93. The molecule has 1 rings (SSSR count). The number of hydrogen-bond donors (Lipinski definition) is 0. The molecule has 0 aliphatic carbocycles. The summed E-state index contributed by atoms with van der Waals surface area (Å²) in [5, 5.41) is 14.5. The smallest absolute Gasteiger partial charge is 0.185 e. The molecule has 1 aromatic rings. The second kappa shape index (κ2) is 12.4.